The quantitative estimate of drug-likeness (QED) is 0.680. The highest BCUT2D eigenvalue weighted by molar-refractivity contribution is 5.70. The van der Waals surface area contributed by atoms with Crippen molar-refractivity contribution in [1.82, 2.24) is 4.90 Å². The molecule has 1 aliphatic rings. The fourth-order valence-corrected chi connectivity index (χ4v) is 1.56. The molecule has 6 heteroatoms. The molecule has 1 rings (SSSR count). The van der Waals surface area contributed by atoms with E-state index in [-0.39, 0.29) is 13.0 Å². The lowest BCUT2D eigenvalue weighted by Gasteiger charge is -2.21. The molecule has 1 heterocycles. The first-order chi connectivity index (χ1) is 5.82. The van der Waals surface area contributed by atoms with Crippen molar-refractivity contribution in [1.29, 1.82) is 0 Å². The maximum Gasteiger partial charge on any atom is 0.404 e. The second-order valence-electron chi connectivity index (χ2n) is 3.27. The van der Waals surface area contributed by atoms with E-state index in [0.717, 1.165) is 4.90 Å². The number of aliphatic carboxylic acids is 1. The normalized spacial score (nSPS) is 30.8. The van der Waals surface area contributed by atoms with Crippen LogP contribution >= 0.6 is 0 Å². The van der Waals surface area contributed by atoms with Crippen LogP contribution in [0.2, 0.25) is 0 Å². The van der Waals surface area contributed by atoms with Crippen LogP contribution in [0.1, 0.15) is 6.42 Å². The summed E-state index contributed by atoms with van der Waals surface area (Å²) in [6.45, 7) is -0.0283. The first kappa shape index (κ1) is 10.3. The molecule has 3 nitrogen and oxygen atoms in total. The monoisotopic (exact) mass is 197 g/mol. The second-order valence-corrected chi connectivity index (χ2v) is 3.27. The van der Waals surface area contributed by atoms with Crippen molar-refractivity contribution in [2.45, 2.75) is 18.6 Å². The fourth-order valence-electron chi connectivity index (χ4n) is 1.56. The lowest BCUT2D eigenvalue weighted by Crippen LogP contribution is -2.38. The molecule has 0 aromatic rings. The van der Waals surface area contributed by atoms with E-state index >= 15 is 0 Å². The average molecular weight is 197 g/mol. The zero-order valence-electron chi connectivity index (χ0n) is 7.01. The van der Waals surface area contributed by atoms with Gasteiger partial charge in [-0.15, -0.1) is 0 Å². The topological polar surface area (TPSA) is 40.5 Å². The maximum absolute atomic E-state index is 12.2. The molecule has 0 aromatic heterocycles. The van der Waals surface area contributed by atoms with Crippen molar-refractivity contribution >= 4 is 5.97 Å². The molecule has 0 aliphatic carbocycles. The highest BCUT2D eigenvalue weighted by atomic mass is 19.4. The summed E-state index contributed by atoms with van der Waals surface area (Å²) in [7, 11) is 1.29. The van der Waals surface area contributed by atoms with Crippen molar-refractivity contribution in [3.63, 3.8) is 0 Å². The number of rotatable bonds is 1. The highest BCUT2D eigenvalue weighted by Gasteiger charge is 2.49. The number of carboxylic acid groups (broad SMARTS) is 1. The standard InChI is InChI=1S/C7H10F3NO2/c1-11-3-4(6(12)13)2-5(11)7(8,9)10/h4-5H,2-3H2,1H3,(H,12,13). The van der Waals surface area contributed by atoms with Crippen molar-refractivity contribution in [3.8, 4) is 0 Å². The number of hydrogen-bond acceptors (Lipinski definition) is 2. The van der Waals surface area contributed by atoms with Gasteiger partial charge in [-0.25, -0.2) is 0 Å². The number of carbonyl (C=O) groups is 1. The van der Waals surface area contributed by atoms with E-state index in [2.05, 4.69) is 0 Å². The maximum atomic E-state index is 12.2. The Balaban J connectivity index is 2.67. The molecule has 2 atom stereocenters. The van der Waals surface area contributed by atoms with Crippen molar-refractivity contribution in [2.75, 3.05) is 13.6 Å². The van der Waals surface area contributed by atoms with Gasteiger partial charge < -0.3 is 5.11 Å². The average Bonchev–Trinajstić information content (AvgIpc) is 2.29. The van der Waals surface area contributed by atoms with Crippen LogP contribution in [-0.2, 0) is 4.79 Å². The summed E-state index contributed by atoms with van der Waals surface area (Å²) < 4.78 is 36.6. The third-order valence-corrected chi connectivity index (χ3v) is 2.28. The van der Waals surface area contributed by atoms with Crippen LogP contribution < -0.4 is 0 Å². The Kier molecular flexibility index (Phi) is 2.51. The number of hydrogen-bond donors (Lipinski definition) is 1. The van der Waals surface area contributed by atoms with Gasteiger partial charge >= 0.3 is 12.1 Å². The van der Waals surface area contributed by atoms with Crippen LogP contribution in [0.5, 0.6) is 0 Å². The summed E-state index contributed by atoms with van der Waals surface area (Å²) >= 11 is 0. The molecular weight excluding hydrogens is 187 g/mol. The van der Waals surface area contributed by atoms with Crippen molar-refractivity contribution < 1.29 is 23.1 Å². The lowest BCUT2D eigenvalue weighted by atomic mass is 10.1. The predicted octanol–water partition coefficient (Wildman–Crippen LogP) is 0.954. The summed E-state index contributed by atoms with van der Waals surface area (Å²) in [4.78, 5) is 11.5. The van der Waals surface area contributed by atoms with E-state index < -0.39 is 24.1 Å². The summed E-state index contributed by atoms with van der Waals surface area (Å²) in [5.41, 5.74) is 0. The Labute approximate surface area is 73.1 Å². The van der Waals surface area contributed by atoms with Crippen LogP contribution in [0.4, 0.5) is 13.2 Å². The van der Waals surface area contributed by atoms with Gasteiger partial charge in [0.2, 0.25) is 0 Å². The molecule has 2 unspecified atom stereocenters. The molecule has 1 fully saturated rings. The Bertz CT molecular complexity index is 216. The number of carboxylic acids is 1. The fraction of sp³-hybridized carbons (Fsp3) is 0.857. The lowest BCUT2D eigenvalue weighted by molar-refractivity contribution is -0.172. The van der Waals surface area contributed by atoms with Gasteiger partial charge in [0, 0.05) is 6.54 Å². The minimum Gasteiger partial charge on any atom is -0.481 e. The second kappa shape index (κ2) is 3.17. The van der Waals surface area contributed by atoms with E-state index in [1.54, 1.807) is 0 Å². The van der Waals surface area contributed by atoms with Crippen molar-refractivity contribution in [3.05, 3.63) is 0 Å². The van der Waals surface area contributed by atoms with Crippen LogP contribution in [0.3, 0.4) is 0 Å². The Hall–Kier alpha value is -0.780. The number of alkyl halides is 3. The minimum absolute atomic E-state index is 0.0283. The SMILES string of the molecule is CN1CC(C(=O)O)CC1C(F)(F)F. The van der Waals surface area contributed by atoms with E-state index in [1.165, 1.54) is 7.05 Å². The van der Waals surface area contributed by atoms with Crippen LogP contribution in [0.25, 0.3) is 0 Å². The van der Waals surface area contributed by atoms with Crippen LogP contribution in [-0.4, -0.2) is 41.8 Å². The Morgan fingerprint density at radius 3 is 2.31 bits per heavy atom. The van der Waals surface area contributed by atoms with Crippen LogP contribution in [0, 0.1) is 5.92 Å². The summed E-state index contributed by atoms with van der Waals surface area (Å²) in [6.07, 6.45) is -4.66. The van der Waals surface area contributed by atoms with Gasteiger partial charge in [0.15, 0.2) is 0 Å². The van der Waals surface area contributed by atoms with E-state index in [0.29, 0.717) is 0 Å². The highest BCUT2D eigenvalue weighted by Crippen LogP contribution is 2.34. The van der Waals surface area contributed by atoms with E-state index in [1.807, 2.05) is 0 Å². The molecule has 1 aliphatic heterocycles. The molecule has 76 valence electrons. The van der Waals surface area contributed by atoms with E-state index in [9.17, 15) is 18.0 Å². The largest absolute Gasteiger partial charge is 0.481 e. The Morgan fingerprint density at radius 2 is 2.08 bits per heavy atom. The van der Waals surface area contributed by atoms with Crippen LogP contribution in [0.15, 0.2) is 0 Å². The van der Waals surface area contributed by atoms with Gasteiger partial charge in [0.1, 0.15) is 6.04 Å². The summed E-state index contributed by atoms with van der Waals surface area (Å²) in [5.74, 6) is -2.05. The zero-order valence-corrected chi connectivity index (χ0v) is 7.01. The number of nitrogens with zero attached hydrogens (tertiary/aromatic N) is 1. The van der Waals surface area contributed by atoms with Gasteiger partial charge in [0.05, 0.1) is 5.92 Å². The zero-order chi connectivity index (χ0) is 10.2. The van der Waals surface area contributed by atoms with Gasteiger partial charge in [-0.2, -0.15) is 13.2 Å². The number of likely N-dealkylation sites (tertiary alicyclic amines) is 1. The molecule has 13 heavy (non-hydrogen) atoms. The summed E-state index contributed by atoms with van der Waals surface area (Å²) in [6, 6.07) is -1.60. The predicted molar refractivity (Wildman–Crippen MR) is 38.2 cm³/mol. The van der Waals surface area contributed by atoms with Crippen molar-refractivity contribution in [2.24, 2.45) is 5.92 Å². The first-order valence-electron chi connectivity index (χ1n) is 3.82. The third kappa shape index (κ3) is 2.12. The van der Waals surface area contributed by atoms with Gasteiger partial charge in [-0.3, -0.25) is 9.69 Å². The number of halogens is 3. The molecule has 0 amide bonds. The summed E-state index contributed by atoms with van der Waals surface area (Å²) in [5, 5.41) is 8.52. The molecule has 0 radical (unpaired) electrons. The minimum atomic E-state index is -4.32. The van der Waals surface area contributed by atoms with Gasteiger partial charge in [-0.05, 0) is 13.5 Å². The smallest absolute Gasteiger partial charge is 0.404 e. The molecular formula is C7H10F3NO2. The molecule has 0 spiro atoms. The third-order valence-electron chi connectivity index (χ3n) is 2.28. The van der Waals surface area contributed by atoms with E-state index in [4.69, 9.17) is 5.11 Å². The molecule has 1 saturated heterocycles. The molecule has 0 bridgehead atoms. The first-order valence-corrected chi connectivity index (χ1v) is 3.82. The Morgan fingerprint density at radius 1 is 1.54 bits per heavy atom. The molecule has 0 saturated carbocycles. The van der Waals surface area contributed by atoms with Gasteiger partial charge in [-0.1, -0.05) is 0 Å². The molecule has 0 aromatic carbocycles. The molecule has 1 N–H and O–H groups in total. The van der Waals surface area contributed by atoms with Gasteiger partial charge in [0.25, 0.3) is 0 Å².